The second-order valence-electron chi connectivity index (χ2n) is 11.0. The molecule has 0 bridgehead atoms. The molecule has 42 heavy (non-hydrogen) atoms. The van der Waals surface area contributed by atoms with Crippen LogP contribution < -0.4 is 0 Å². The first-order valence-electron chi connectivity index (χ1n) is 14.2. The van der Waals surface area contributed by atoms with E-state index in [1.54, 1.807) is 0 Å². The SMILES string of the molecule is c1ccc2c(c1)-c1nc3ccccc3nc1-n1c3ccc(-c4cccc5c4oc4ccccc45)cc3c3cccc-2c31. The standard InChI is InChI=1S/C38H21N3O/c1-2-11-26-24(9-1)27-13-8-14-28-30-21-22(23-12-7-15-29-25-10-3-6-18-34(25)42-37(23)29)19-20-33(30)41(36(27)28)38-35(26)39-31-16-4-5-17-32(31)40-38/h1-21H. The Morgan fingerprint density at radius 3 is 2.10 bits per heavy atom. The molecule has 10 rings (SSSR count). The van der Waals surface area contributed by atoms with Gasteiger partial charge in [-0.2, -0.15) is 0 Å². The van der Waals surface area contributed by atoms with Crippen molar-refractivity contribution in [2.45, 2.75) is 0 Å². The van der Waals surface area contributed by atoms with E-state index in [0.29, 0.717) is 0 Å². The first-order valence-corrected chi connectivity index (χ1v) is 14.2. The molecule has 0 radical (unpaired) electrons. The maximum absolute atomic E-state index is 6.41. The molecule has 1 aliphatic rings. The fourth-order valence-corrected chi connectivity index (χ4v) is 6.90. The second-order valence-corrected chi connectivity index (χ2v) is 11.0. The van der Waals surface area contributed by atoms with Gasteiger partial charge in [0, 0.05) is 38.2 Å². The van der Waals surface area contributed by atoms with E-state index in [0.717, 1.165) is 72.2 Å². The minimum atomic E-state index is 0.859. The van der Waals surface area contributed by atoms with Crippen molar-refractivity contribution in [3.8, 4) is 39.3 Å². The Balaban J connectivity index is 1.33. The zero-order valence-corrected chi connectivity index (χ0v) is 22.4. The van der Waals surface area contributed by atoms with Crippen LogP contribution in [0.2, 0.25) is 0 Å². The lowest BCUT2D eigenvalue weighted by atomic mass is 9.95. The third-order valence-electron chi connectivity index (χ3n) is 8.74. The highest BCUT2D eigenvalue weighted by Crippen LogP contribution is 2.46. The molecule has 0 spiro atoms. The minimum absolute atomic E-state index is 0.859. The summed E-state index contributed by atoms with van der Waals surface area (Å²) < 4.78 is 8.73. The molecule has 4 heteroatoms. The van der Waals surface area contributed by atoms with Crippen molar-refractivity contribution < 1.29 is 4.42 Å². The van der Waals surface area contributed by atoms with Gasteiger partial charge in [0.15, 0.2) is 5.82 Å². The Kier molecular flexibility index (Phi) is 4.15. The average molecular weight is 536 g/mol. The van der Waals surface area contributed by atoms with E-state index in [1.807, 2.05) is 36.4 Å². The summed E-state index contributed by atoms with van der Waals surface area (Å²) in [5.74, 6) is 0.859. The first-order chi connectivity index (χ1) is 20.8. The summed E-state index contributed by atoms with van der Waals surface area (Å²) in [6.07, 6.45) is 0. The Labute approximate surface area is 240 Å². The number of hydrogen-bond donors (Lipinski definition) is 0. The van der Waals surface area contributed by atoms with Crippen LogP contribution in [-0.4, -0.2) is 14.5 Å². The Morgan fingerprint density at radius 1 is 0.500 bits per heavy atom. The summed E-state index contributed by atoms with van der Waals surface area (Å²) in [6.45, 7) is 0. The number of benzene rings is 6. The monoisotopic (exact) mass is 535 g/mol. The van der Waals surface area contributed by atoms with Gasteiger partial charge in [-0.15, -0.1) is 0 Å². The molecule has 4 nitrogen and oxygen atoms in total. The van der Waals surface area contributed by atoms with Gasteiger partial charge in [-0.05, 0) is 41.5 Å². The van der Waals surface area contributed by atoms with Crippen LogP contribution in [0.15, 0.2) is 132 Å². The van der Waals surface area contributed by atoms with Crippen molar-refractivity contribution >= 4 is 54.8 Å². The van der Waals surface area contributed by atoms with E-state index in [4.69, 9.17) is 14.4 Å². The number of hydrogen-bond acceptors (Lipinski definition) is 3. The third kappa shape index (κ3) is 2.80. The van der Waals surface area contributed by atoms with E-state index in [2.05, 4.69) is 95.6 Å². The highest BCUT2D eigenvalue weighted by molar-refractivity contribution is 6.17. The molecule has 1 aliphatic heterocycles. The molecule has 0 fully saturated rings. The topological polar surface area (TPSA) is 43.9 Å². The molecule has 0 atom stereocenters. The number of para-hydroxylation sites is 5. The van der Waals surface area contributed by atoms with Gasteiger partial charge in [0.2, 0.25) is 0 Å². The Bertz CT molecular complexity index is 2590. The maximum Gasteiger partial charge on any atom is 0.165 e. The van der Waals surface area contributed by atoms with Gasteiger partial charge in [0.05, 0.1) is 22.1 Å². The van der Waals surface area contributed by atoms with Crippen LogP contribution in [-0.2, 0) is 0 Å². The highest BCUT2D eigenvalue weighted by Gasteiger charge is 2.27. The summed E-state index contributed by atoms with van der Waals surface area (Å²) in [4.78, 5) is 10.5. The molecule has 9 aromatic rings. The van der Waals surface area contributed by atoms with Gasteiger partial charge < -0.3 is 4.42 Å². The van der Waals surface area contributed by atoms with E-state index >= 15 is 0 Å². The normalized spacial score (nSPS) is 12.3. The van der Waals surface area contributed by atoms with Crippen LogP contribution in [0.5, 0.6) is 0 Å². The minimum Gasteiger partial charge on any atom is -0.455 e. The van der Waals surface area contributed by atoms with E-state index in [-0.39, 0.29) is 0 Å². The van der Waals surface area contributed by atoms with Crippen LogP contribution >= 0.6 is 0 Å². The zero-order valence-electron chi connectivity index (χ0n) is 22.4. The van der Waals surface area contributed by atoms with E-state index < -0.39 is 0 Å². The summed E-state index contributed by atoms with van der Waals surface area (Å²) in [5.41, 5.74) is 12.4. The predicted molar refractivity (Wildman–Crippen MR) is 171 cm³/mol. The maximum atomic E-state index is 6.41. The fraction of sp³-hybridized carbons (Fsp3) is 0. The number of fused-ring (bicyclic) bond motifs is 12. The molecule has 0 aliphatic carbocycles. The van der Waals surface area contributed by atoms with Crippen molar-refractivity contribution in [3.63, 3.8) is 0 Å². The predicted octanol–water partition coefficient (Wildman–Crippen LogP) is 9.94. The first kappa shape index (κ1) is 22.0. The zero-order chi connectivity index (χ0) is 27.4. The molecule has 0 N–H and O–H groups in total. The van der Waals surface area contributed by atoms with Crippen LogP contribution in [0.3, 0.4) is 0 Å². The van der Waals surface area contributed by atoms with Crippen LogP contribution in [0, 0.1) is 0 Å². The van der Waals surface area contributed by atoms with Crippen molar-refractivity contribution in [3.05, 3.63) is 127 Å². The van der Waals surface area contributed by atoms with Crippen molar-refractivity contribution in [1.29, 1.82) is 0 Å². The molecule has 4 heterocycles. The fourth-order valence-electron chi connectivity index (χ4n) is 6.90. The summed E-state index contributed by atoms with van der Waals surface area (Å²) in [5, 5.41) is 4.64. The lowest BCUT2D eigenvalue weighted by Crippen LogP contribution is -2.02. The summed E-state index contributed by atoms with van der Waals surface area (Å²) in [7, 11) is 0. The van der Waals surface area contributed by atoms with Gasteiger partial charge >= 0.3 is 0 Å². The molecule has 3 aromatic heterocycles. The van der Waals surface area contributed by atoms with Gasteiger partial charge in [-0.1, -0.05) is 97.1 Å². The molecular formula is C38H21N3O. The van der Waals surface area contributed by atoms with Crippen molar-refractivity contribution in [2.75, 3.05) is 0 Å². The second kappa shape index (κ2) is 7.93. The molecule has 0 saturated carbocycles. The van der Waals surface area contributed by atoms with Gasteiger partial charge in [-0.25, -0.2) is 9.97 Å². The molecule has 0 amide bonds. The largest absolute Gasteiger partial charge is 0.455 e. The van der Waals surface area contributed by atoms with Gasteiger partial charge in [0.25, 0.3) is 0 Å². The van der Waals surface area contributed by atoms with Gasteiger partial charge in [-0.3, -0.25) is 4.57 Å². The van der Waals surface area contributed by atoms with E-state index in [9.17, 15) is 0 Å². The number of furan rings is 1. The van der Waals surface area contributed by atoms with Crippen LogP contribution in [0.4, 0.5) is 0 Å². The van der Waals surface area contributed by atoms with E-state index in [1.165, 1.54) is 21.9 Å². The number of aromatic nitrogens is 3. The Hall–Kier alpha value is -5.74. The molecule has 6 aromatic carbocycles. The summed E-state index contributed by atoms with van der Waals surface area (Å²) in [6, 6.07) is 44.7. The van der Waals surface area contributed by atoms with Crippen LogP contribution in [0.1, 0.15) is 0 Å². The van der Waals surface area contributed by atoms with Crippen LogP contribution in [0.25, 0.3) is 94.1 Å². The van der Waals surface area contributed by atoms with Crippen molar-refractivity contribution in [1.82, 2.24) is 14.5 Å². The smallest absolute Gasteiger partial charge is 0.165 e. The third-order valence-corrected chi connectivity index (χ3v) is 8.74. The quantitative estimate of drug-likeness (QED) is 0.210. The highest BCUT2D eigenvalue weighted by atomic mass is 16.3. The lowest BCUT2D eigenvalue weighted by Gasteiger charge is -2.12. The average Bonchev–Trinajstić information content (AvgIpc) is 3.56. The number of rotatable bonds is 1. The van der Waals surface area contributed by atoms with Crippen molar-refractivity contribution in [2.24, 2.45) is 0 Å². The van der Waals surface area contributed by atoms with Gasteiger partial charge in [0.1, 0.15) is 16.9 Å². The summed E-state index contributed by atoms with van der Waals surface area (Å²) >= 11 is 0. The molecular weight excluding hydrogens is 514 g/mol. The molecule has 0 saturated heterocycles. The molecule has 194 valence electrons. The lowest BCUT2D eigenvalue weighted by molar-refractivity contribution is 0.670. The Morgan fingerprint density at radius 2 is 1.19 bits per heavy atom. The molecule has 0 unspecified atom stereocenters. The number of nitrogens with zero attached hydrogens (tertiary/aromatic N) is 3.